The van der Waals surface area contributed by atoms with E-state index in [1.54, 1.807) is 11.3 Å². The Labute approximate surface area is 95.4 Å². The van der Waals surface area contributed by atoms with Gasteiger partial charge in [-0.2, -0.15) is 0 Å². The number of rotatable bonds is 5. The van der Waals surface area contributed by atoms with Crippen LogP contribution in [0.5, 0.6) is 0 Å². The van der Waals surface area contributed by atoms with E-state index in [4.69, 9.17) is 0 Å². The van der Waals surface area contributed by atoms with Gasteiger partial charge in [-0.1, -0.05) is 19.4 Å². The third-order valence-electron chi connectivity index (χ3n) is 2.67. The van der Waals surface area contributed by atoms with Crippen molar-refractivity contribution in [3.63, 3.8) is 0 Å². The van der Waals surface area contributed by atoms with Crippen molar-refractivity contribution in [2.45, 2.75) is 32.7 Å². The second kappa shape index (κ2) is 4.90. The summed E-state index contributed by atoms with van der Waals surface area (Å²) in [5, 5.41) is 6.71. The minimum atomic E-state index is 0.597. The topological polar surface area (TPSA) is 24.9 Å². The van der Waals surface area contributed by atoms with Crippen molar-refractivity contribution in [3.05, 3.63) is 22.2 Å². The molecule has 1 aliphatic carbocycles. The van der Waals surface area contributed by atoms with Gasteiger partial charge in [-0.05, 0) is 24.8 Å². The van der Waals surface area contributed by atoms with Gasteiger partial charge >= 0.3 is 0 Å². The van der Waals surface area contributed by atoms with Gasteiger partial charge < -0.3 is 5.32 Å². The Morgan fingerprint density at radius 2 is 2.47 bits per heavy atom. The first-order valence-corrected chi connectivity index (χ1v) is 6.47. The maximum Gasteiger partial charge on any atom is 0.115 e. The van der Waals surface area contributed by atoms with Crippen LogP contribution in [-0.4, -0.2) is 17.6 Å². The molecule has 1 heterocycles. The number of nitrogens with zero attached hydrogens (tertiary/aromatic N) is 1. The summed E-state index contributed by atoms with van der Waals surface area (Å²) in [6.07, 6.45) is 6.79. The predicted octanol–water partition coefficient (Wildman–Crippen LogP) is 2.93. The van der Waals surface area contributed by atoms with Crippen LogP contribution in [0.3, 0.4) is 0 Å². The molecule has 0 unspecified atom stereocenters. The van der Waals surface area contributed by atoms with Gasteiger partial charge in [0.15, 0.2) is 0 Å². The summed E-state index contributed by atoms with van der Waals surface area (Å²) >= 11 is 1.70. The standard InChI is InChI=1S/C12H18N2S/c1-9(2)10(8-14-11-3-4-11)7-12-13-5-6-15-12/h5-7,9,11,14H,3-4,8H2,1-2H3/b10-7+. The predicted molar refractivity (Wildman–Crippen MR) is 66.0 cm³/mol. The van der Waals surface area contributed by atoms with Crippen LogP contribution in [0.25, 0.3) is 6.08 Å². The van der Waals surface area contributed by atoms with Crippen LogP contribution in [-0.2, 0) is 0 Å². The Kier molecular flexibility index (Phi) is 3.54. The van der Waals surface area contributed by atoms with E-state index < -0.39 is 0 Å². The van der Waals surface area contributed by atoms with Crippen LogP contribution in [0.1, 0.15) is 31.7 Å². The van der Waals surface area contributed by atoms with Gasteiger partial charge in [0.25, 0.3) is 0 Å². The summed E-state index contributed by atoms with van der Waals surface area (Å²) in [5.41, 5.74) is 1.46. The Hall–Kier alpha value is -0.670. The van der Waals surface area contributed by atoms with Gasteiger partial charge in [0, 0.05) is 24.2 Å². The smallest absolute Gasteiger partial charge is 0.115 e. The quantitative estimate of drug-likeness (QED) is 0.828. The number of aromatic nitrogens is 1. The normalized spacial score (nSPS) is 17.4. The second-order valence-corrected chi connectivity index (χ2v) is 5.33. The van der Waals surface area contributed by atoms with E-state index >= 15 is 0 Å². The highest BCUT2D eigenvalue weighted by Crippen LogP contribution is 2.21. The fraction of sp³-hybridized carbons (Fsp3) is 0.583. The van der Waals surface area contributed by atoms with E-state index in [0.29, 0.717) is 5.92 Å². The average Bonchev–Trinajstić information content (AvgIpc) is 2.89. The number of hydrogen-bond donors (Lipinski definition) is 1. The first-order valence-electron chi connectivity index (χ1n) is 5.59. The minimum absolute atomic E-state index is 0.597. The Bertz CT molecular complexity index is 323. The Morgan fingerprint density at radius 3 is 3.00 bits per heavy atom. The average molecular weight is 222 g/mol. The summed E-state index contributed by atoms with van der Waals surface area (Å²) in [6, 6.07) is 0.781. The molecule has 0 aliphatic heterocycles. The summed E-state index contributed by atoms with van der Waals surface area (Å²) in [7, 11) is 0. The molecule has 82 valence electrons. The maximum absolute atomic E-state index is 4.30. The molecule has 2 rings (SSSR count). The fourth-order valence-corrected chi connectivity index (χ4v) is 2.04. The van der Waals surface area contributed by atoms with Crippen LogP contribution in [0, 0.1) is 5.92 Å². The van der Waals surface area contributed by atoms with E-state index in [1.165, 1.54) is 18.4 Å². The van der Waals surface area contributed by atoms with E-state index in [1.807, 2.05) is 11.6 Å². The summed E-state index contributed by atoms with van der Waals surface area (Å²) in [6.45, 7) is 5.50. The SMILES string of the molecule is CC(C)/C(=C/c1nccs1)CNC1CC1. The molecule has 0 bridgehead atoms. The third-order valence-corrected chi connectivity index (χ3v) is 3.40. The van der Waals surface area contributed by atoms with Crippen LogP contribution in [0.2, 0.25) is 0 Å². The minimum Gasteiger partial charge on any atom is -0.310 e. The Morgan fingerprint density at radius 1 is 1.67 bits per heavy atom. The molecule has 0 atom stereocenters. The largest absolute Gasteiger partial charge is 0.310 e. The monoisotopic (exact) mass is 222 g/mol. The fourth-order valence-electron chi connectivity index (χ4n) is 1.44. The van der Waals surface area contributed by atoms with Gasteiger partial charge in [-0.3, -0.25) is 0 Å². The zero-order chi connectivity index (χ0) is 10.7. The van der Waals surface area contributed by atoms with Gasteiger partial charge in [-0.15, -0.1) is 11.3 Å². The van der Waals surface area contributed by atoms with Crippen LogP contribution >= 0.6 is 11.3 Å². The molecule has 1 aliphatic rings. The number of nitrogens with one attached hydrogen (secondary N) is 1. The lowest BCUT2D eigenvalue weighted by molar-refractivity contribution is 0.662. The molecule has 0 amide bonds. The van der Waals surface area contributed by atoms with Gasteiger partial charge in [-0.25, -0.2) is 4.98 Å². The molecule has 1 N–H and O–H groups in total. The summed E-state index contributed by atoms with van der Waals surface area (Å²) in [5.74, 6) is 0.597. The lowest BCUT2D eigenvalue weighted by Crippen LogP contribution is -2.21. The van der Waals surface area contributed by atoms with Gasteiger partial charge in [0.2, 0.25) is 0 Å². The summed E-state index contributed by atoms with van der Waals surface area (Å²) in [4.78, 5) is 4.30. The van der Waals surface area contributed by atoms with Crippen LogP contribution in [0.15, 0.2) is 17.2 Å². The van der Waals surface area contributed by atoms with E-state index in [2.05, 4.69) is 30.2 Å². The zero-order valence-electron chi connectivity index (χ0n) is 9.36. The molecule has 1 aromatic rings. The summed E-state index contributed by atoms with van der Waals surface area (Å²) < 4.78 is 0. The van der Waals surface area contributed by atoms with Crippen molar-refractivity contribution < 1.29 is 0 Å². The van der Waals surface area contributed by atoms with Crippen molar-refractivity contribution in [1.82, 2.24) is 10.3 Å². The van der Waals surface area contributed by atoms with E-state index in [9.17, 15) is 0 Å². The highest BCUT2D eigenvalue weighted by molar-refractivity contribution is 7.10. The van der Waals surface area contributed by atoms with Crippen molar-refractivity contribution in [2.24, 2.45) is 5.92 Å². The first-order chi connectivity index (χ1) is 7.25. The molecule has 0 spiro atoms. The Balaban J connectivity index is 1.97. The molecule has 1 fully saturated rings. The lowest BCUT2D eigenvalue weighted by Gasteiger charge is -2.11. The highest BCUT2D eigenvalue weighted by Gasteiger charge is 2.20. The first kappa shape index (κ1) is 10.8. The lowest BCUT2D eigenvalue weighted by atomic mass is 10.0. The molecule has 2 nitrogen and oxygen atoms in total. The van der Waals surface area contributed by atoms with E-state index in [0.717, 1.165) is 17.6 Å². The zero-order valence-corrected chi connectivity index (χ0v) is 10.2. The van der Waals surface area contributed by atoms with Crippen molar-refractivity contribution in [3.8, 4) is 0 Å². The van der Waals surface area contributed by atoms with Crippen LogP contribution in [0.4, 0.5) is 0 Å². The molecule has 0 radical (unpaired) electrons. The van der Waals surface area contributed by atoms with Gasteiger partial charge in [0.05, 0.1) is 0 Å². The van der Waals surface area contributed by atoms with Crippen molar-refractivity contribution in [1.29, 1.82) is 0 Å². The molecular weight excluding hydrogens is 204 g/mol. The van der Waals surface area contributed by atoms with E-state index in [-0.39, 0.29) is 0 Å². The molecular formula is C12H18N2S. The molecule has 0 aromatic carbocycles. The number of thiazole rings is 1. The molecule has 0 saturated heterocycles. The van der Waals surface area contributed by atoms with Crippen molar-refractivity contribution >= 4 is 17.4 Å². The molecule has 3 heteroatoms. The van der Waals surface area contributed by atoms with Crippen molar-refractivity contribution in [2.75, 3.05) is 6.54 Å². The molecule has 1 saturated carbocycles. The maximum atomic E-state index is 4.30. The highest BCUT2D eigenvalue weighted by atomic mass is 32.1. The van der Waals surface area contributed by atoms with Gasteiger partial charge in [0.1, 0.15) is 5.01 Å². The third kappa shape index (κ3) is 3.43. The molecule has 1 aromatic heterocycles. The number of hydrogen-bond acceptors (Lipinski definition) is 3. The van der Waals surface area contributed by atoms with Crippen LogP contribution < -0.4 is 5.32 Å². The molecule has 15 heavy (non-hydrogen) atoms. The second-order valence-electron chi connectivity index (χ2n) is 4.40.